The van der Waals surface area contributed by atoms with Crippen molar-refractivity contribution in [3.8, 4) is 0 Å². The van der Waals surface area contributed by atoms with Gasteiger partial charge in [0.1, 0.15) is 15.4 Å². The number of hydrogen-bond donors (Lipinski definition) is 1. The van der Waals surface area contributed by atoms with Gasteiger partial charge in [-0.3, -0.25) is 4.79 Å². The van der Waals surface area contributed by atoms with Crippen LogP contribution >= 0.6 is 0 Å². The fourth-order valence-electron chi connectivity index (χ4n) is 2.15. The van der Waals surface area contributed by atoms with Crippen LogP contribution in [0.15, 0.2) is 0 Å². The standard InChI is InChI=1S/C11H19NO5S/c1-11(10(14)15)6-3-4-7-12(11)9(13)5-8-18(2,16)17/h3-8H2,1-2H3,(H,14,15). The quantitative estimate of drug-likeness (QED) is 0.796. The summed E-state index contributed by atoms with van der Waals surface area (Å²) in [4.78, 5) is 24.6. The van der Waals surface area contributed by atoms with Gasteiger partial charge in [0.25, 0.3) is 0 Å². The molecule has 1 unspecified atom stereocenters. The highest BCUT2D eigenvalue weighted by Gasteiger charge is 2.43. The molecule has 0 aromatic heterocycles. The van der Waals surface area contributed by atoms with Crippen molar-refractivity contribution >= 4 is 21.7 Å². The Kier molecular flexibility index (Phi) is 4.37. The number of carbonyl (C=O) groups is 2. The first-order chi connectivity index (χ1) is 8.17. The van der Waals surface area contributed by atoms with Crippen molar-refractivity contribution in [1.29, 1.82) is 0 Å². The molecule has 0 saturated carbocycles. The molecule has 0 bridgehead atoms. The van der Waals surface area contributed by atoms with Gasteiger partial charge in [0.05, 0.1) is 5.75 Å². The first kappa shape index (κ1) is 14.9. The molecule has 1 fully saturated rings. The van der Waals surface area contributed by atoms with Crippen molar-refractivity contribution in [3.63, 3.8) is 0 Å². The maximum Gasteiger partial charge on any atom is 0.329 e. The SMILES string of the molecule is CC1(C(=O)O)CCCCN1C(=O)CCS(C)(=O)=O. The highest BCUT2D eigenvalue weighted by Crippen LogP contribution is 2.28. The summed E-state index contributed by atoms with van der Waals surface area (Å²) >= 11 is 0. The van der Waals surface area contributed by atoms with E-state index >= 15 is 0 Å². The molecule has 1 atom stereocenters. The lowest BCUT2D eigenvalue weighted by atomic mass is 9.88. The van der Waals surface area contributed by atoms with Gasteiger partial charge in [0, 0.05) is 19.2 Å². The second-order valence-corrected chi connectivity index (χ2v) is 7.22. The summed E-state index contributed by atoms with van der Waals surface area (Å²) in [6, 6.07) is 0. The Labute approximate surface area is 107 Å². The molecule has 104 valence electrons. The maximum absolute atomic E-state index is 12.0. The number of rotatable bonds is 4. The van der Waals surface area contributed by atoms with E-state index in [1.807, 2.05) is 0 Å². The molecule has 18 heavy (non-hydrogen) atoms. The second-order valence-electron chi connectivity index (χ2n) is 4.96. The van der Waals surface area contributed by atoms with E-state index in [2.05, 4.69) is 0 Å². The topological polar surface area (TPSA) is 91.8 Å². The summed E-state index contributed by atoms with van der Waals surface area (Å²) in [7, 11) is -3.21. The summed E-state index contributed by atoms with van der Waals surface area (Å²) in [5.74, 6) is -1.67. The lowest BCUT2D eigenvalue weighted by Gasteiger charge is -2.41. The minimum Gasteiger partial charge on any atom is -0.480 e. The van der Waals surface area contributed by atoms with Gasteiger partial charge in [-0.15, -0.1) is 0 Å². The summed E-state index contributed by atoms with van der Waals surface area (Å²) in [6.07, 6.45) is 2.84. The van der Waals surface area contributed by atoms with E-state index < -0.39 is 27.3 Å². The van der Waals surface area contributed by atoms with E-state index in [1.165, 1.54) is 11.8 Å². The van der Waals surface area contributed by atoms with Crippen LogP contribution in [-0.4, -0.2) is 54.4 Å². The number of sulfone groups is 1. The number of hydrogen-bond acceptors (Lipinski definition) is 4. The van der Waals surface area contributed by atoms with E-state index in [0.717, 1.165) is 19.1 Å². The minimum absolute atomic E-state index is 0.151. The van der Waals surface area contributed by atoms with Crippen LogP contribution in [0.5, 0.6) is 0 Å². The maximum atomic E-state index is 12.0. The fraction of sp³-hybridized carbons (Fsp3) is 0.818. The summed E-state index contributed by atoms with van der Waals surface area (Å²) < 4.78 is 22.1. The molecule has 1 N–H and O–H groups in total. The number of carboxylic acids is 1. The van der Waals surface area contributed by atoms with Crippen molar-refractivity contribution in [2.45, 2.75) is 38.1 Å². The molecular formula is C11H19NO5S. The average Bonchev–Trinajstić information content (AvgIpc) is 2.25. The number of amides is 1. The number of carboxylic acid groups (broad SMARTS) is 1. The number of piperidine rings is 1. The van der Waals surface area contributed by atoms with Gasteiger partial charge in [-0.05, 0) is 26.2 Å². The molecule has 1 aliphatic heterocycles. The van der Waals surface area contributed by atoms with Crippen molar-refractivity contribution < 1.29 is 23.1 Å². The van der Waals surface area contributed by atoms with E-state index in [-0.39, 0.29) is 12.2 Å². The lowest BCUT2D eigenvalue weighted by molar-refractivity contribution is -0.160. The predicted molar refractivity (Wildman–Crippen MR) is 65.9 cm³/mol. The molecule has 0 aliphatic carbocycles. The Hall–Kier alpha value is -1.11. The molecule has 1 saturated heterocycles. The van der Waals surface area contributed by atoms with Crippen LogP contribution in [0.3, 0.4) is 0 Å². The van der Waals surface area contributed by atoms with Crippen molar-refractivity contribution in [2.24, 2.45) is 0 Å². The molecule has 1 amide bonds. The molecule has 0 spiro atoms. The highest BCUT2D eigenvalue weighted by molar-refractivity contribution is 7.90. The Morgan fingerprint density at radius 2 is 1.94 bits per heavy atom. The Bertz CT molecular complexity index is 444. The lowest BCUT2D eigenvalue weighted by Crippen LogP contribution is -2.57. The number of nitrogens with zero attached hydrogens (tertiary/aromatic N) is 1. The largest absolute Gasteiger partial charge is 0.480 e. The van der Waals surface area contributed by atoms with Crippen LogP contribution < -0.4 is 0 Å². The van der Waals surface area contributed by atoms with Gasteiger partial charge in [-0.1, -0.05) is 0 Å². The predicted octanol–water partition coefficient (Wildman–Crippen LogP) is 0.277. The fourth-order valence-corrected chi connectivity index (χ4v) is 2.70. The third-order valence-corrected chi connectivity index (χ3v) is 4.29. The molecular weight excluding hydrogens is 258 g/mol. The third-order valence-electron chi connectivity index (χ3n) is 3.34. The van der Waals surface area contributed by atoms with Crippen LogP contribution in [0.25, 0.3) is 0 Å². The van der Waals surface area contributed by atoms with Gasteiger partial charge in [0.2, 0.25) is 5.91 Å². The van der Waals surface area contributed by atoms with Crippen LogP contribution in [0.1, 0.15) is 32.6 Å². The van der Waals surface area contributed by atoms with Crippen LogP contribution in [0, 0.1) is 0 Å². The van der Waals surface area contributed by atoms with Crippen LogP contribution in [0.2, 0.25) is 0 Å². The van der Waals surface area contributed by atoms with Crippen LogP contribution in [-0.2, 0) is 19.4 Å². The third kappa shape index (κ3) is 3.44. The molecule has 0 aromatic carbocycles. The second kappa shape index (κ2) is 5.26. The first-order valence-corrected chi connectivity index (χ1v) is 7.94. The summed E-state index contributed by atoms with van der Waals surface area (Å²) in [5.41, 5.74) is -1.20. The Morgan fingerprint density at radius 1 is 1.33 bits per heavy atom. The Balaban J connectivity index is 2.78. The number of aliphatic carboxylic acids is 1. The van der Waals surface area contributed by atoms with Crippen LogP contribution in [0.4, 0.5) is 0 Å². The average molecular weight is 277 g/mol. The van der Waals surface area contributed by atoms with E-state index in [0.29, 0.717) is 13.0 Å². The monoisotopic (exact) mass is 277 g/mol. The molecule has 0 radical (unpaired) electrons. The highest BCUT2D eigenvalue weighted by atomic mass is 32.2. The molecule has 1 heterocycles. The van der Waals surface area contributed by atoms with E-state index in [9.17, 15) is 23.1 Å². The molecule has 1 rings (SSSR count). The zero-order valence-electron chi connectivity index (χ0n) is 10.7. The number of carbonyl (C=O) groups excluding carboxylic acids is 1. The molecule has 1 aliphatic rings. The Morgan fingerprint density at radius 3 is 2.44 bits per heavy atom. The van der Waals surface area contributed by atoms with Crippen molar-refractivity contribution in [3.05, 3.63) is 0 Å². The van der Waals surface area contributed by atoms with Crippen molar-refractivity contribution in [2.75, 3.05) is 18.6 Å². The van der Waals surface area contributed by atoms with Crippen molar-refractivity contribution in [1.82, 2.24) is 4.90 Å². The zero-order valence-corrected chi connectivity index (χ0v) is 11.5. The van der Waals surface area contributed by atoms with Gasteiger partial charge in [-0.25, -0.2) is 13.2 Å². The van der Waals surface area contributed by atoms with Gasteiger partial charge >= 0.3 is 5.97 Å². The minimum atomic E-state index is -3.21. The molecule has 6 nitrogen and oxygen atoms in total. The summed E-state index contributed by atoms with van der Waals surface area (Å²) in [6.45, 7) is 1.90. The van der Waals surface area contributed by atoms with Gasteiger partial charge < -0.3 is 10.0 Å². The van der Waals surface area contributed by atoms with E-state index in [4.69, 9.17) is 0 Å². The van der Waals surface area contributed by atoms with E-state index in [1.54, 1.807) is 0 Å². The summed E-state index contributed by atoms with van der Waals surface area (Å²) in [5, 5.41) is 9.23. The zero-order chi connectivity index (χ0) is 14.0. The molecule has 0 aromatic rings. The number of likely N-dealkylation sites (tertiary alicyclic amines) is 1. The first-order valence-electron chi connectivity index (χ1n) is 5.88. The smallest absolute Gasteiger partial charge is 0.329 e. The van der Waals surface area contributed by atoms with Gasteiger partial charge in [-0.2, -0.15) is 0 Å². The normalized spacial score (nSPS) is 24.9. The van der Waals surface area contributed by atoms with Gasteiger partial charge in [0.15, 0.2) is 0 Å². The molecule has 7 heteroatoms.